The number of sulfonamides is 1. The first-order chi connectivity index (χ1) is 8.18. The summed E-state index contributed by atoms with van der Waals surface area (Å²) < 4.78 is 63.7. The fourth-order valence-corrected chi connectivity index (χ4v) is 2.78. The van der Waals surface area contributed by atoms with Gasteiger partial charge in [-0.25, -0.2) is 13.1 Å². The summed E-state index contributed by atoms with van der Waals surface area (Å²) in [5.41, 5.74) is -1.27. The maximum Gasteiger partial charge on any atom is 0.417 e. The van der Waals surface area contributed by atoms with Gasteiger partial charge in [0.1, 0.15) is 0 Å². The van der Waals surface area contributed by atoms with Crippen LogP contribution in [0.1, 0.15) is 18.9 Å². The summed E-state index contributed by atoms with van der Waals surface area (Å²) in [4.78, 5) is -0.812. The first-order valence-electron chi connectivity index (χ1n) is 5.05. The molecule has 0 aromatic heterocycles. The number of alkyl halides is 3. The summed E-state index contributed by atoms with van der Waals surface area (Å²) >= 11 is 5.46. The summed E-state index contributed by atoms with van der Waals surface area (Å²) in [6.45, 7) is 1.78. The van der Waals surface area contributed by atoms with Crippen LogP contribution in [0.15, 0.2) is 23.1 Å². The Balaban J connectivity index is 3.33. The third-order valence-electron chi connectivity index (χ3n) is 2.08. The fraction of sp³-hybridized carbons (Fsp3) is 0.400. The largest absolute Gasteiger partial charge is 0.417 e. The Kier molecular flexibility index (Phi) is 4.63. The van der Waals surface area contributed by atoms with Crippen molar-refractivity contribution in [2.45, 2.75) is 24.4 Å². The molecule has 1 aromatic carbocycles. The average Bonchev–Trinajstić information content (AvgIpc) is 2.25. The van der Waals surface area contributed by atoms with Gasteiger partial charge in [-0.2, -0.15) is 13.2 Å². The van der Waals surface area contributed by atoms with Crippen LogP contribution in [0.3, 0.4) is 0 Å². The van der Waals surface area contributed by atoms with E-state index < -0.39 is 26.7 Å². The molecule has 102 valence electrons. The number of benzene rings is 1. The quantitative estimate of drug-likeness (QED) is 0.929. The third kappa shape index (κ3) is 3.60. The normalized spacial score (nSPS) is 12.7. The number of hydrogen-bond acceptors (Lipinski definition) is 2. The van der Waals surface area contributed by atoms with Crippen molar-refractivity contribution in [2.24, 2.45) is 0 Å². The van der Waals surface area contributed by atoms with E-state index in [2.05, 4.69) is 4.72 Å². The minimum Gasteiger partial charge on any atom is -0.211 e. The Bertz CT molecular complexity index is 528. The van der Waals surface area contributed by atoms with E-state index in [0.29, 0.717) is 12.5 Å². The molecule has 18 heavy (non-hydrogen) atoms. The molecule has 0 saturated carbocycles. The predicted octanol–water partition coefficient (Wildman–Crippen LogP) is 3.05. The third-order valence-corrected chi connectivity index (χ3v) is 3.83. The van der Waals surface area contributed by atoms with Gasteiger partial charge in [0.15, 0.2) is 0 Å². The Labute approximate surface area is 108 Å². The van der Waals surface area contributed by atoms with Crippen LogP contribution in [0.5, 0.6) is 0 Å². The van der Waals surface area contributed by atoms with Crippen LogP contribution < -0.4 is 4.72 Å². The Morgan fingerprint density at radius 1 is 1.33 bits per heavy atom. The second kappa shape index (κ2) is 5.46. The van der Waals surface area contributed by atoms with Gasteiger partial charge in [-0.05, 0) is 24.6 Å². The minimum atomic E-state index is -4.78. The second-order valence-electron chi connectivity index (χ2n) is 3.54. The van der Waals surface area contributed by atoms with Crippen LogP contribution in [0.4, 0.5) is 13.2 Å². The van der Waals surface area contributed by atoms with Gasteiger partial charge >= 0.3 is 6.18 Å². The van der Waals surface area contributed by atoms with E-state index in [1.165, 1.54) is 0 Å². The number of halogens is 4. The van der Waals surface area contributed by atoms with Crippen molar-refractivity contribution in [1.82, 2.24) is 4.72 Å². The molecule has 0 aliphatic carbocycles. The van der Waals surface area contributed by atoms with E-state index in [0.717, 1.165) is 12.1 Å². The molecule has 0 unspecified atom stereocenters. The summed E-state index contributed by atoms with van der Waals surface area (Å²) in [5.74, 6) is 0. The van der Waals surface area contributed by atoms with Crippen LogP contribution in [0.25, 0.3) is 0 Å². The smallest absolute Gasteiger partial charge is 0.211 e. The summed E-state index contributed by atoms with van der Waals surface area (Å²) in [6, 6.07) is 2.56. The molecular weight excluding hydrogens is 291 g/mol. The van der Waals surface area contributed by atoms with Crippen LogP contribution in [0, 0.1) is 0 Å². The summed E-state index contributed by atoms with van der Waals surface area (Å²) in [6.07, 6.45) is -4.30. The van der Waals surface area contributed by atoms with Crippen molar-refractivity contribution >= 4 is 21.6 Å². The van der Waals surface area contributed by atoms with Gasteiger partial charge in [-0.3, -0.25) is 0 Å². The number of rotatable bonds is 4. The van der Waals surface area contributed by atoms with Crippen LogP contribution in [-0.2, 0) is 16.2 Å². The van der Waals surface area contributed by atoms with Gasteiger partial charge in [-0.15, -0.1) is 0 Å². The summed E-state index contributed by atoms with van der Waals surface area (Å²) in [5, 5.41) is -0.170. The van der Waals surface area contributed by atoms with E-state index in [-0.39, 0.29) is 11.6 Å². The van der Waals surface area contributed by atoms with E-state index in [9.17, 15) is 21.6 Å². The first-order valence-corrected chi connectivity index (χ1v) is 6.91. The van der Waals surface area contributed by atoms with Crippen LogP contribution in [-0.4, -0.2) is 15.0 Å². The highest BCUT2D eigenvalue weighted by molar-refractivity contribution is 7.89. The monoisotopic (exact) mass is 301 g/mol. The lowest BCUT2D eigenvalue weighted by molar-refractivity contribution is -0.139. The topological polar surface area (TPSA) is 46.2 Å². The molecule has 3 nitrogen and oxygen atoms in total. The van der Waals surface area contributed by atoms with E-state index >= 15 is 0 Å². The lowest BCUT2D eigenvalue weighted by Gasteiger charge is -2.13. The molecule has 0 spiro atoms. The van der Waals surface area contributed by atoms with Gasteiger partial charge in [0.25, 0.3) is 0 Å². The molecular formula is C10H11ClF3NO2S. The van der Waals surface area contributed by atoms with Crippen LogP contribution >= 0.6 is 11.6 Å². The molecule has 0 radical (unpaired) electrons. The Morgan fingerprint density at radius 2 is 1.94 bits per heavy atom. The zero-order valence-electron chi connectivity index (χ0n) is 9.38. The Morgan fingerprint density at radius 3 is 2.44 bits per heavy atom. The van der Waals surface area contributed by atoms with Gasteiger partial charge in [0.05, 0.1) is 10.5 Å². The SMILES string of the molecule is CCCNS(=O)(=O)c1ccc(Cl)cc1C(F)(F)F. The molecule has 0 aliphatic rings. The number of hydrogen-bond donors (Lipinski definition) is 1. The molecule has 0 bridgehead atoms. The molecule has 1 N–H and O–H groups in total. The predicted molar refractivity (Wildman–Crippen MR) is 61.9 cm³/mol. The zero-order chi connectivity index (χ0) is 14.0. The Hall–Kier alpha value is -0.790. The van der Waals surface area contributed by atoms with Crippen molar-refractivity contribution < 1.29 is 21.6 Å². The van der Waals surface area contributed by atoms with E-state index in [4.69, 9.17) is 11.6 Å². The molecule has 0 saturated heterocycles. The molecule has 8 heteroatoms. The van der Waals surface area contributed by atoms with Gasteiger partial charge in [0, 0.05) is 11.6 Å². The summed E-state index contributed by atoms with van der Waals surface area (Å²) in [7, 11) is -4.18. The molecule has 1 aromatic rings. The van der Waals surface area contributed by atoms with Crippen molar-refractivity contribution in [3.8, 4) is 0 Å². The lowest BCUT2D eigenvalue weighted by Crippen LogP contribution is -2.27. The van der Waals surface area contributed by atoms with Crippen molar-refractivity contribution in [3.63, 3.8) is 0 Å². The highest BCUT2D eigenvalue weighted by Gasteiger charge is 2.37. The van der Waals surface area contributed by atoms with Crippen LogP contribution in [0.2, 0.25) is 5.02 Å². The molecule has 0 heterocycles. The standard InChI is InChI=1S/C10H11ClF3NO2S/c1-2-5-15-18(16,17)9-4-3-7(11)6-8(9)10(12,13)14/h3-4,6,15H,2,5H2,1H3. The minimum absolute atomic E-state index is 0.0717. The number of nitrogens with one attached hydrogen (secondary N) is 1. The fourth-order valence-electron chi connectivity index (χ4n) is 1.27. The van der Waals surface area contributed by atoms with Gasteiger partial charge in [-0.1, -0.05) is 18.5 Å². The average molecular weight is 302 g/mol. The highest BCUT2D eigenvalue weighted by atomic mass is 35.5. The second-order valence-corrected chi connectivity index (χ2v) is 5.71. The molecule has 1 rings (SSSR count). The van der Waals surface area contributed by atoms with E-state index in [1.807, 2.05) is 0 Å². The van der Waals surface area contributed by atoms with Crippen molar-refractivity contribution in [1.29, 1.82) is 0 Å². The lowest BCUT2D eigenvalue weighted by atomic mass is 10.2. The molecule has 0 atom stereocenters. The zero-order valence-corrected chi connectivity index (χ0v) is 11.0. The maximum absolute atomic E-state index is 12.7. The van der Waals surface area contributed by atoms with Gasteiger partial charge < -0.3 is 0 Å². The first kappa shape index (κ1) is 15.3. The van der Waals surface area contributed by atoms with Gasteiger partial charge in [0.2, 0.25) is 10.0 Å². The molecule has 0 fully saturated rings. The molecule has 0 amide bonds. The van der Waals surface area contributed by atoms with Crippen molar-refractivity contribution in [2.75, 3.05) is 6.54 Å². The maximum atomic E-state index is 12.7. The van der Waals surface area contributed by atoms with E-state index in [1.54, 1.807) is 6.92 Å². The van der Waals surface area contributed by atoms with Crippen molar-refractivity contribution in [3.05, 3.63) is 28.8 Å². The highest BCUT2D eigenvalue weighted by Crippen LogP contribution is 2.35. The molecule has 0 aliphatic heterocycles.